The summed E-state index contributed by atoms with van der Waals surface area (Å²) in [5.74, 6) is 1.41. The van der Waals surface area contributed by atoms with Gasteiger partial charge in [-0.3, -0.25) is 5.43 Å². The summed E-state index contributed by atoms with van der Waals surface area (Å²) < 4.78 is 1.20. The van der Waals surface area contributed by atoms with Gasteiger partial charge in [0.15, 0.2) is 0 Å². The van der Waals surface area contributed by atoms with Crippen molar-refractivity contribution in [2.24, 2.45) is 16.9 Å². The van der Waals surface area contributed by atoms with Gasteiger partial charge in [0.25, 0.3) is 0 Å². The van der Waals surface area contributed by atoms with Gasteiger partial charge >= 0.3 is 0 Å². The Morgan fingerprint density at radius 2 is 2.28 bits per heavy atom. The van der Waals surface area contributed by atoms with Crippen LogP contribution in [0, 0.1) is 11.8 Å². The molecule has 4 heteroatoms. The number of nitrogens with zero attached hydrogens (tertiary/aromatic N) is 2. The summed E-state index contributed by atoms with van der Waals surface area (Å²) in [6, 6.07) is 8.17. The van der Waals surface area contributed by atoms with Crippen LogP contribution in [-0.2, 0) is 0 Å². The SMILES string of the molecule is C1=CC2C(=NNc3nc4ccccc4s3)CC2C1. The van der Waals surface area contributed by atoms with E-state index in [0.29, 0.717) is 5.92 Å². The van der Waals surface area contributed by atoms with Crippen LogP contribution in [0.5, 0.6) is 0 Å². The molecule has 0 aliphatic heterocycles. The molecule has 4 rings (SSSR count). The lowest BCUT2D eigenvalue weighted by molar-refractivity contribution is 0.447. The molecule has 3 nitrogen and oxygen atoms in total. The van der Waals surface area contributed by atoms with Gasteiger partial charge in [-0.1, -0.05) is 35.6 Å². The van der Waals surface area contributed by atoms with Crippen LogP contribution in [0.1, 0.15) is 12.8 Å². The number of benzene rings is 1. The number of hydrogen-bond donors (Lipinski definition) is 1. The highest BCUT2D eigenvalue weighted by Gasteiger charge is 2.37. The fourth-order valence-corrected chi connectivity index (χ4v) is 3.51. The number of hydrazone groups is 1. The minimum atomic E-state index is 0.590. The number of fused-ring (bicyclic) bond motifs is 2. The minimum absolute atomic E-state index is 0.590. The Morgan fingerprint density at radius 3 is 3.17 bits per heavy atom. The van der Waals surface area contributed by atoms with Crippen LogP contribution in [0.2, 0.25) is 0 Å². The fourth-order valence-electron chi connectivity index (χ4n) is 2.70. The molecule has 0 amide bonds. The fraction of sp³-hybridized carbons (Fsp3) is 0.286. The molecule has 0 spiro atoms. The van der Waals surface area contributed by atoms with Gasteiger partial charge in [-0.25, -0.2) is 4.98 Å². The Kier molecular flexibility index (Phi) is 2.23. The van der Waals surface area contributed by atoms with Crippen molar-refractivity contribution in [1.29, 1.82) is 0 Å². The van der Waals surface area contributed by atoms with Crippen molar-refractivity contribution in [3.8, 4) is 0 Å². The zero-order chi connectivity index (χ0) is 11.9. The van der Waals surface area contributed by atoms with E-state index in [1.54, 1.807) is 11.3 Å². The van der Waals surface area contributed by atoms with Crippen molar-refractivity contribution in [3.05, 3.63) is 36.4 Å². The second-order valence-electron chi connectivity index (χ2n) is 4.86. The number of para-hydroxylation sites is 1. The Bertz CT molecular complexity index is 623. The van der Waals surface area contributed by atoms with E-state index in [4.69, 9.17) is 0 Å². The highest BCUT2D eigenvalue weighted by atomic mass is 32.1. The van der Waals surface area contributed by atoms with E-state index in [-0.39, 0.29) is 0 Å². The maximum Gasteiger partial charge on any atom is 0.204 e. The van der Waals surface area contributed by atoms with Crippen LogP contribution >= 0.6 is 11.3 Å². The normalized spacial score (nSPS) is 27.4. The van der Waals surface area contributed by atoms with Crippen LogP contribution in [0.4, 0.5) is 5.13 Å². The summed E-state index contributed by atoms with van der Waals surface area (Å²) in [5, 5.41) is 5.38. The molecule has 0 saturated heterocycles. The van der Waals surface area contributed by atoms with E-state index in [1.807, 2.05) is 18.2 Å². The molecule has 1 saturated carbocycles. The maximum absolute atomic E-state index is 4.51. The van der Waals surface area contributed by atoms with Crippen LogP contribution < -0.4 is 5.43 Å². The van der Waals surface area contributed by atoms with E-state index < -0.39 is 0 Å². The molecule has 18 heavy (non-hydrogen) atoms. The molecule has 2 unspecified atom stereocenters. The van der Waals surface area contributed by atoms with Crippen molar-refractivity contribution in [1.82, 2.24) is 4.98 Å². The molecule has 1 N–H and O–H groups in total. The molecular formula is C14H13N3S. The second-order valence-corrected chi connectivity index (χ2v) is 5.89. The number of rotatable bonds is 2. The first-order chi connectivity index (χ1) is 8.90. The van der Waals surface area contributed by atoms with Gasteiger partial charge < -0.3 is 0 Å². The van der Waals surface area contributed by atoms with Crippen molar-refractivity contribution in [2.45, 2.75) is 12.8 Å². The van der Waals surface area contributed by atoms with E-state index in [0.717, 1.165) is 23.0 Å². The molecule has 1 heterocycles. The predicted molar refractivity (Wildman–Crippen MR) is 76.0 cm³/mol. The second kappa shape index (κ2) is 3.92. The Labute approximate surface area is 109 Å². The summed E-state index contributed by atoms with van der Waals surface area (Å²) in [4.78, 5) is 4.51. The Morgan fingerprint density at radius 1 is 1.33 bits per heavy atom. The third-order valence-corrected chi connectivity index (χ3v) is 4.68. The summed E-state index contributed by atoms with van der Waals surface area (Å²) in [7, 11) is 0. The van der Waals surface area contributed by atoms with E-state index in [2.05, 4.69) is 33.7 Å². The average molecular weight is 255 g/mol. The molecule has 1 aromatic heterocycles. The predicted octanol–water partition coefficient (Wildman–Crippen LogP) is 3.66. The number of hydrogen-bond acceptors (Lipinski definition) is 4. The highest BCUT2D eigenvalue weighted by Crippen LogP contribution is 2.40. The lowest BCUT2D eigenvalue weighted by Gasteiger charge is -2.31. The molecule has 0 bridgehead atoms. The van der Waals surface area contributed by atoms with E-state index >= 15 is 0 Å². The summed E-state index contributed by atoms with van der Waals surface area (Å²) in [6.07, 6.45) is 6.92. The van der Waals surface area contributed by atoms with Gasteiger partial charge in [0.2, 0.25) is 5.13 Å². The largest absolute Gasteiger partial charge is 0.253 e. The monoisotopic (exact) mass is 255 g/mol. The molecule has 2 aromatic rings. The molecule has 1 aromatic carbocycles. The summed E-state index contributed by atoms with van der Waals surface area (Å²) in [6.45, 7) is 0. The summed E-state index contributed by atoms with van der Waals surface area (Å²) in [5.41, 5.74) is 5.42. The van der Waals surface area contributed by atoms with Crippen molar-refractivity contribution in [3.63, 3.8) is 0 Å². The number of aromatic nitrogens is 1. The maximum atomic E-state index is 4.51. The standard InChI is InChI=1S/C14H13N3S/c1-2-7-13-11(6-1)15-14(18-13)17-16-12-8-9-4-3-5-10(9)12/h1-3,5-7,9-10H,4,8H2,(H,15,17). The highest BCUT2D eigenvalue weighted by molar-refractivity contribution is 7.22. The number of anilines is 1. The number of nitrogens with one attached hydrogen (secondary N) is 1. The smallest absolute Gasteiger partial charge is 0.204 e. The lowest BCUT2D eigenvalue weighted by atomic mass is 9.74. The third-order valence-electron chi connectivity index (χ3n) is 3.74. The third kappa shape index (κ3) is 1.56. The van der Waals surface area contributed by atoms with E-state index in [9.17, 15) is 0 Å². The first kappa shape index (κ1) is 10.3. The van der Waals surface area contributed by atoms with Gasteiger partial charge in [0.1, 0.15) is 0 Å². The van der Waals surface area contributed by atoms with Crippen molar-refractivity contribution >= 4 is 32.4 Å². The Balaban J connectivity index is 1.55. The zero-order valence-corrected chi connectivity index (χ0v) is 10.7. The first-order valence-corrected chi connectivity index (χ1v) is 7.06. The lowest BCUT2D eigenvalue weighted by Crippen LogP contribution is -2.33. The molecule has 2 atom stereocenters. The van der Waals surface area contributed by atoms with E-state index in [1.165, 1.54) is 16.8 Å². The van der Waals surface area contributed by atoms with Crippen LogP contribution in [0.3, 0.4) is 0 Å². The molecule has 1 fully saturated rings. The molecular weight excluding hydrogens is 242 g/mol. The minimum Gasteiger partial charge on any atom is -0.253 e. The molecule has 2 aliphatic rings. The van der Waals surface area contributed by atoms with Crippen LogP contribution in [0.25, 0.3) is 10.2 Å². The molecule has 90 valence electrons. The zero-order valence-electron chi connectivity index (χ0n) is 9.84. The van der Waals surface area contributed by atoms with Gasteiger partial charge in [-0.2, -0.15) is 5.10 Å². The quantitative estimate of drug-likeness (QED) is 0.657. The first-order valence-electron chi connectivity index (χ1n) is 6.25. The van der Waals surface area contributed by atoms with Crippen LogP contribution in [-0.4, -0.2) is 10.7 Å². The van der Waals surface area contributed by atoms with Gasteiger partial charge in [0, 0.05) is 11.6 Å². The van der Waals surface area contributed by atoms with Gasteiger partial charge in [-0.05, 0) is 30.9 Å². The average Bonchev–Trinajstić information content (AvgIpc) is 2.93. The van der Waals surface area contributed by atoms with Gasteiger partial charge in [-0.15, -0.1) is 0 Å². The number of allylic oxidation sites excluding steroid dienone is 2. The molecule has 0 radical (unpaired) electrons. The van der Waals surface area contributed by atoms with Crippen LogP contribution in [0.15, 0.2) is 41.5 Å². The van der Waals surface area contributed by atoms with Crippen molar-refractivity contribution < 1.29 is 0 Å². The topological polar surface area (TPSA) is 37.3 Å². The molecule has 2 aliphatic carbocycles. The number of thiazole rings is 1. The Hall–Kier alpha value is -1.68. The van der Waals surface area contributed by atoms with Gasteiger partial charge in [0.05, 0.1) is 10.2 Å². The van der Waals surface area contributed by atoms with Crippen molar-refractivity contribution in [2.75, 3.05) is 5.43 Å². The summed E-state index contributed by atoms with van der Waals surface area (Å²) >= 11 is 1.65.